The van der Waals surface area contributed by atoms with E-state index in [4.69, 9.17) is 9.47 Å². The minimum absolute atomic E-state index is 0.0186. The number of carbonyl (C=O) groups excluding carboxylic acids is 2. The lowest BCUT2D eigenvalue weighted by atomic mass is 10.1. The first-order valence-electron chi connectivity index (χ1n) is 8.60. The number of aromatic nitrogens is 2. The van der Waals surface area contributed by atoms with E-state index in [1.54, 1.807) is 32.2 Å². The summed E-state index contributed by atoms with van der Waals surface area (Å²) in [5.74, 6) is 0.109. The van der Waals surface area contributed by atoms with Crippen LogP contribution >= 0.6 is 0 Å². The van der Waals surface area contributed by atoms with E-state index in [0.29, 0.717) is 11.3 Å². The summed E-state index contributed by atoms with van der Waals surface area (Å²) < 4.78 is 11.8. The molecule has 0 fully saturated rings. The fourth-order valence-electron chi connectivity index (χ4n) is 2.69. The highest BCUT2D eigenvalue weighted by Crippen LogP contribution is 2.24. The predicted molar refractivity (Wildman–Crippen MR) is 101 cm³/mol. The summed E-state index contributed by atoms with van der Waals surface area (Å²) >= 11 is 0. The number of methoxy groups -OCH3 is 1. The monoisotopic (exact) mass is 364 g/mol. The zero-order valence-electron chi connectivity index (χ0n) is 15.2. The lowest BCUT2D eigenvalue weighted by Gasteiger charge is -2.08. The maximum absolute atomic E-state index is 12.6. The van der Waals surface area contributed by atoms with Crippen LogP contribution in [0.2, 0.25) is 0 Å². The molecule has 0 unspecified atom stereocenters. The van der Waals surface area contributed by atoms with Crippen molar-refractivity contribution in [2.75, 3.05) is 13.7 Å². The van der Waals surface area contributed by atoms with Gasteiger partial charge in [-0.2, -0.15) is 5.10 Å². The molecule has 0 aliphatic rings. The van der Waals surface area contributed by atoms with Crippen molar-refractivity contribution in [2.24, 2.45) is 0 Å². The topological polar surface area (TPSA) is 70.4 Å². The standard InChI is InChI=1S/C21H20N2O4/c1-3-27-21(25)18-13-19(15-9-11-17(26-2)12-10-15)23(22-18)14-20(24)16-7-5-4-6-8-16/h4-13H,3,14H2,1-2H3. The fourth-order valence-corrected chi connectivity index (χ4v) is 2.69. The highest BCUT2D eigenvalue weighted by molar-refractivity contribution is 5.96. The third kappa shape index (κ3) is 4.23. The molecule has 0 saturated carbocycles. The van der Waals surface area contributed by atoms with Crippen molar-refractivity contribution in [2.45, 2.75) is 13.5 Å². The number of hydrogen-bond donors (Lipinski definition) is 0. The normalized spacial score (nSPS) is 10.4. The molecule has 3 rings (SSSR count). The van der Waals surface area contributed by atoms with Gasteiger partial charge in [-0.15, -0.1) is 0 Å². The Kier molecular flexibility index (Phi) is 5.66. The summed E-state index contributed by atoms with van der Waals surface area (Å²) in [6.45, 7) is 2.01. The summed E-state index contributed by atoms with van der Waals surface area (Å²) in [5, 5.41) is 4.30. The minimum Gasteiger partial charge on any atom is -0.497 e. The predicted octanol–water partition coefficient (Wildman–Crippen LogP) is 3.62. The molecule has 6 nitrogen and oxygen atoms in total. The van der Waals surface area contributed by atoms with Gasteiger partial charge in [0.05, 0.1) is 19.4 Å². The van der Waals surface area contributed by atoms with Gasteiger partial charge < -0.3 is 9.47 Å². The van der Waals surface area contributed by atoms with Crippen LogP contribution in [0.15, 0.2) is 60.7 Å². The SMILES string of the molecule is CCOC(=O)c1cc(-c2ccc(OC)cc2)n(CC(=O)c2ccccc2)n1. The number of benzene rings is 2. The van der Waals surface area contributed by atoms with Gasteiger partial charge in [-0.1, -0.05) is 30.3 Å². The van der Waals surface area contributed by atoms with Gasteiger partial charge in [0.1, 0.15) is 12.3 Å². The Morgan fingerprint density at radius 2 is 1.74 bits per heavy atom. The lowest BCUT2D eigenvalue weighted by molar-refractivity contribution is 0.0517. The van der Waals surface area contributed by atoms with Crippen molar-refractivity contribution in [3.8, 4) is 17.0 Å². The van der Waals surface area contributed by atoms with Crippen LogP contribution < -0.4 is 4.74 Å². The molecule has 1 heterocycles. The van der Waals surface area contributed by atoms with E-state index >= 15 is 0 Å². The zero-order chi connectivity index (χ0) is 19.2. The first-order chi connectivity index (χ1) is 13.1. The van der Waals surface area contributed by atoms with E-state index in [1.807, 2.05) is 42.5 Å². The van der Waals surface area contributed by atoms with Crippen molar-refractivity contribution in [1.82, 2.24) is 9.78 Å². The third-order valence-corrected chi connectivity index (χ3v) is 4.04. The number of esters is 1. The molecule has 0 atom stereocenters. The molecule has 6 heteroatoms. The number of hydrogen-bond acceptors (Lipinski definition) is 5. The summed E-state index contributed by atoms with van der Waals surface area (Å²) in [6.07, 6.45) is 0. The maximum Gasteiger partial charge on any atom is 0.358 e. The quantitative estimate of drug-likeness (QED) is 0.473. The first kappa shape index (κ1) is 18.4. The van der Waals surface area contributed by atoms with E-state index in [-0.39, 0.29) is 24.6 Å². The molecule has 0 spiro atoms. The molecule has 3 aromatic rings. The van der Waals surface area contributed by atoms with Crippen LogP contribution in [0.1, 0.15) is 27.8 Å². The van der Waals surface area contributed by atoms with Gasteiger partial charge in [0, 0.05) is 11.1 Å². The average Bonchev–Trinajstić information content (AvgIpc) is 3.13. The second kappa shape index (κ2) is 8.31. The van der Waals surface area contributed by atoms with Gasteiger partial charge in [-0.3, -0.25) is 9.48 Å². The van der Waals surface area contributed by atoms with Gasteiger partial charge in [-0.05, 0) is 37.3 Å². The highest BCUT2D eigenvalue weighted by Gasteiger charge is 2.18. The molecular formula is C21H20N2O4. The van der Waals surface area contributed by atoms with Crippen LogP contribution in [0.4, 0.5) is 0 Å². The molecule has 2 aromatic carbocycles. The van der Waals surface area contributed by atoms with Gasteiger partial charge in [0.2, 0.25) is 0 Å². The van der Waals surface area contributed by atoms with Crippen molar-refractivity contribution >= 4 is 11.8 Å². The molecule has 0 amide bonds. The zero-order valence-corrected chi connectivity index (χ0v) is 15.2. The Morgan fingerprint density at radius 3 is 2.37 bits per heavy atom. The number of carbonyl (C=O) groups is 2. The molecular weight excluding hydrogens is 344 g/mol. The second-order valence-electron chi connectivity index (χ2n) is 5.81. The summed E-state index contributed by atoms with van der Waals surface area (Å²) in [7, 11) is 1.59. The molecule has 0 saturated heterocycles. The van der Waals surface area contributed by atoms with Crippen LogP contribution in [0.3, 0.4) is 0 Å². The van der Waals surface area contributed by atoms with Crippen molar-refractivity contribution in [3.05, 3.63) is 71.9 Å². The summed E-state index contributed by atoms with van der Waals surface area (Å²) in [4.78, 5) is 24.7. The number of Topliss-reactive ketones (excluding diaryl/α,β-unsaturated/α-hetero) is 1. The Hall–Kier alpha value is -3.41. The average molecular weight is 364 g/mol. The molecule has 0 aliphatic heterocycles. The highest BCUT2D eigenvalue weighted by atomic mass is 16.5. The van der Waals surface area contributed by atoms with Crippen LogP contribution in [-0.2, 0) is 11.3 Å². The minimum atomic E-state index is -0.516. The molecule has 138 valence electrons. The van der Waals surface area contributed by atoms with Crippen LogP contribution in [0.25, 0.3) is 11.3 Å². The van der Waals surface area contributed by atoms with Gasteiger partial charge in [0.15, 0.2) is 11.5 Å². The summed E-state index contributed by atoms with van der Waals surface area (Å²) in [5.41, 5.74) is 2.24. The Morgan fingerprint density at radius 1 is 1.04 bits per heavy atom. The molecule has 27 heavy (non-hydrogen) atoms. The van der Waals surface area contributed by atoms with Crippen molar-refractivity contribution in [1.29, 1.82) is 0 Å². The Bertz CT molecular complexity index is 931. The van der Waals surface area contributed by atoms with E-state index in [9.17, 15) is 9.59 Å². The third-order valence-electron chi connectivity index (χ3n) is 4.04. The van der Waals surface area contributed by atoms with E-state index in [0.717, 1.165) is 11.3 Å². The number of rotatable bonds is 7. The van der Waals surface area contributed by atoms with E-state index in [1.165, 1.54) is 4.68 Å². The number of nitrogens with zero attached hydrogens (tertiary/aromatic N) is 2. The first-order valence-corrected chi connectivity index (χ1v) is 8.60. The number of ether oxygens (including phenoxy) is 2. The molecule has 1 aromatic heterocycles. The van der Waals surface area contributed by atoms with Gasteiger partial charge >= 0.3 is 5.97 Å². The Balaban J connectivity index is 1.96. The second-order valence-corrected chi connectivity index (χ2v) is 5.81. The molecule has 0 radical (unpaired) electrons. The number of ketones is 1. The van der Waals surface area contributed by atoms with Crippen LogP contribution in [0.5, 0.6) is 5.75 Å². The van der Waals surface area contributed by atoms with Gasteiger partial charge in [0.25, 0.3) is 0 Å². The van der Waals surface area contributed by atoms with Crippen LogP contribution in [-0.4, -0.2) is 35.2 Å². The molecule has 0 N–H and O–H groups in total. The molecule has 0 aliphatic carbocycles. The lowest BCUT2D eigenvalue weighted by Crippen LogP contribution is -2.14. The van der Waals surface area contributed by atoms with Crippen LogP contribution in [0, 0.1) is 0 Å². The van der Waals surface area contributed by atoms with E-state index < -0.39 is 5.97 Å². The van der Waals surface area contributed by atoms with Crippen molar-refractivity contribution in [3.63, 3.8) is 0 Å². The smallest absolute Gasteiger partial charge is 0.358 e. The Labute approximate surface area is 157 Å². The fraction of sp³-hybridized carbons (Fsp3) is 0.190. The summed E-state index contributed by atoms with van der Waals surface area (Å²) in [6, 6.07) is 18.0. The maximum atomic E-state index is 12.6. The van der Waals surface area contributed by atoms with E-state index in [2.05, 4.69) is 5.10 Å². The molecule has 0 bridgehead atoms. The van der Waals surface area contributed by atoms with Crippen molar-refractivity contribution < 1.29 is 19.1 Å². The van der Waals surface area contributed by atoms with Gasteiger partial charge in [-0.25, -0.2) is 4.79 Å². The largest absolute Gasteiger partial charge is 0.497 e.